The lowest BCUT2D eigenvalue weighted by atomic mass is 10.0. The summed E-state index contributed by atoms with van der Waals surface area (Å²) < 4.78 is 83.6. The van der Waals surface area contributed by atoms with Gasteiger partial charge in [-0.3, -0.25) is 4.79 Å². The third-order valence-electron chi connectivity index (χ3n) is 5.11. The monoisotopic (exact) mass is 460 g/mol. The molecular weight excluding hydrogens is 446 g/mol. The molecule has 2 fully saturated rings. The lowest BCUT2D eigenvalue weighted by molar-refractivity contribution is -0.166. The van der Waals surface area contributed by atoms with E-state index < -0.39 is 42.0 Å². The number of alkyl halides is 6. The van der Waals surface area contributed by atoms with Crippen molar-refractivity contribution in [3.63, 3.8) is 0 Å². The largest absolute Gasteiger partial charge is 0.454 e. The Morgan fingerprint density at radius 1 is 0.750 bits per heavy atom. The Labute approximate surface area is 176 Å². The van der Waals surface area contributed by atoms with Crippen LogP contribution in [0.3, 0.4) is 0 Å². The van der Waals surface area contributed by atoms with Gasteiger partial charge in [-0.05, 0) is 23.3 Å². The van der Waals surface area contributed by atoms with Gasteiger partial charge >= 0.3 is 18.3 Å². The van der Waals surface area contributed by atoms with Gasteiger partial charge in [0.15, 0.2) is 12.4 Å². The van der Waals surface area contributed by atoms with E-state index in [1.807, 2.05) is 21.7 Å². The molecule has 2 aliphatic heterocycles. The number of ketones is 1. The van der Waals surface area contributed by atoms with Crippen LogP contribution in [0.2, 0.25) is 0 Å². The second-order valence-electron chi connectivity index (χ2n) is 7.15. The van der Waals surface area contributed by atoms with Crippen LogP contribution >= 0.6 is 0 Å². The second-order valence-corrected chi connectivity index (χ2v) is 7.15. The van der Waals surface area contributed by atoms with E-state index in [-0.39, 0.29) is 22.3 Å². The van der Waals surface area contributed by atoms with Crippen molar-refractivity contribution in [2.45, 2.75) is 23.7 Å². The predicted molar refractivity (Wildman–Crippen MR) is 95.5 cm³/mol. The molecule has 0 amide bonds. The first kappa shape index (κ1) is 22.2. The van der Waals surface area contributed by atoms with Crippen molar-refractivity contribution < 1.29 is 40.7 Å². The minimum absolute atomic E-state index is 0.00400. The summed E-state index contributed by atoms with van der Waals surface area (Å²) in [5.74, 6) is -1.73. The highest BCUT2D eigenvalue weighted by Crippen LogP contribution is 2.43. The predicted octanol–water partition coefficient (Wildman–Crippen LogP) is 2.37. The molecule has 0 radical (unpaired) electrons. The molecule has 2 aromatic rings. The number of nitrogens with one attached hydrogen (secondary N) is 4. The first-order valence-electron chi connectivity index (χ1n) is 9.03. The zero-order chi connectivity index (χ0) is 23.4. The van der Waals surface area contributed by atoms with Crippen LogP contribution in [0.25, 0.3) is 0 Å². The van der Waals surface area contributed by atoms with E-state index in [2.05, 4.69) is 0 Å². The highest BCUT2D eigenvalue weighted by Gasteiger charge is 2.66. The minimum Gasteiger partial charge on any atom is -0.454 e. The topological polar surface area (TPSA) is 131 Å². The van der Waals surface area contributed by atoms with Crippen molar-refractivity contribution in [3.05, 3.63) is 70.8 Å². The highest BCUT2D eigenvalue weighted by molar-refractivity contribution is 5.99. The first-order chi connectivity index (χ1) is 14.9. The van der Waals surface area contributed by atoms with Gasteiger partial charge in [-0.25, -0.2) is 26.5 Å². The number of hydrazine groups is 2. The molecule has 2 heterocycles. The third-order valence-corrected chi connectivity index (χ3v) is 5.11. The normalized spacial score (nSPS) is 18.7. The molecule has 0 saturated carbocycles. The van der Waals surface area contributed by atoms with E-state index in [9.17, 15) is 35.9 Å². The number of rotatable bonds is 6. The number of hydrogen-bond donors (Lipinski definition) is 4. The SMILES string of the molecule is O=C(COC(=O)c1cccc(C2(C(F)(F)F)NN2)c1)c1ccc(C2(C(F)(F)F)NN2)cc1. The lowest BCUT2D eigenvalue weighted by Crippen LogP contribution is -2.35. The average Bonchev–Trinajstić information content (AvgIpc) is 3.63. The van der Waals surface area contributed by atoms with Gasteiger partial charge in [-0.2, -0.15) is 26.3 Å². The molecule has 0 aliphatic carbocycles. The van der Waals surface area contributed by atoms with Gasteiger partial charge in [0.1, 0.15) is 0 Å². The summed E-state index contributed by atoms with van der Waals surface area (Å²) in [5, 5.41) is 0. The van der Waals surface area contributed by atoms with Gasteiger partial charge < -0.3 is 4.74 Å². The summed E-state index contributed by atoms with van der Waals surface area (Å²) in [7, 11) is 0. The molecule has 4 N–H and O–H groups in total. The van der Waals surface area contributed by atoms with Gasteiger partial charge in [0.05, 0.1) is 5.56 Å². The maximum absolute atomic E-state index is 13.2. The smallest absolute Gasteiger partial charge is 0.426 e. The van der Waals surface area contributed by atoms with Crippen molar-refractivity contribution in [2.24, 2.45) is 0 Å². The number of Topliss-reactive ketones (excluding diaryl/α,β-unsaturated/α-hetero) is 1. The third kappa shape index (κ3) is 3.72. The van der Waals surface area contributed by atoms with Crippen LogP contribution in [-0.2, 0) is 16.1 Å². The molecule has 0 unspecified atom stereocenters. The molecule has 32 heavy (non-hydrogen) atoms. The fourth-order valence-electron chi connectivity index (χ4n) is 3.11. The molecule has 0 aromatic heterocycles. The Hall–Kier alpha value is -3.00. The molecule has 0 atom stereocenters. The van der Waals surface area contributed by atoms with Gasteiger partial charge in [-0.15, -0.1) is 0 Å². The van der Waals surface area contributed by atoms with Gasteiger partial charge in [0.2, 0.25) is 11.3 Å². The molecule has 13 heteroatoms. The summed E-state index contributed by atoms with van der Waals surface area (Å²) in [5.41, 5.74) is 2.63. The second kappa shape index (κ2) is 7.27. The van der Waals surface area contributed by atoms with Crippen molar-refractivity contribution in [1.82, 2.24) is 21.7 Å². The summed E-state index contributed by atoms with van der Waals surface area (Å²) in [6.45, 7) is -0.746. The molecule has 2 aromatic carbocycles. The number of esters is 1. The number of carbonyl (C=O) groups excluding carboxylic acids is 2. The van der Waals surface area contributed by atoms with E-state index >= 15 is 0 Å². The standard InChI is InChI=1S/C19H14F6N4O3/c20-18(21,22)16(26-27-16)12-6-4-10(5-7-12)14(30)9-32-15(31)11-2-1-3-13(8-11)17(28-29-17)19(23,24)25/h1-8,26-29H,9H2. The Morgan fingerprint density at radius 2 is 1.28 bits per heavy atom. The van der Waals surface area contributed by atoms with Crippen LogP contribution < -0.4 is 21.7 Å². The maximum atomic E-state index is 13.2. The molecule has 4 rings (SSSR count). The van der Waals surface area contributed by atoms with Crippen LogP contribution in [0.4, 0.5) is 26.3 Å². The van der Waals surface area contributed by atoms with Crippen molar-refractivity contribution in [1.29, 1.82) is 0 Å². The molecule has 0 spiro atoms. The molecular formula is C19H14F6N4O3. The van der Waals surface area contributed by atoms with Crippen molar-refractivity contribution in [2.75, 3.05) is 6.61 Å². The number of ether oxygens (including phenoxy) is 1. The van der Waals surface area contributed by atoms with Crippen LogP contribution in [-0.4, -0.2) is 30.7 Å². The summed E-state index contributed by atoms with van der Waals surface area (Å²) >= 11 is 0. The maximum Gasteiger partial charge on any atom is 0.426 e. The fraction of sp³-hybridized carbons (Fsp3) is 0.263. The van der Waals surface area contributed by atoms with Crippen molar-refractivity contribution in [3.8, 4) is 0 Å². The van der Waals surface area contributed by atoms with Crippen LogP contribution in [0.15, 0.2) is 48.5 Å². The number of hydrogen-bond acceptors (Lipinski definition) is 7. The fourth-order valence-corrected chi connectivity index (χ4v) is 3.11. The van der Waals surface area contributed by atoms with E-state index in [0.29, 0.717) is 0 Å². The number of halogens is 6. The van der Waals surface area contributed by atoms with Crippen LogP contribution in [0.5, 0.6) is 0 Å². The number of benzene rings is 2. The number of carbonyl (C=O) groups is 2. The van der Waals surface area contributed by atoms with Gasteiger partial charge in [-0.1, -0.05) is 36.4 Å². The Bertz CT molecular complexity index is 1060. The van der Waals surface area contributed by atoms with E-state index in [4.69, 9.17) is 4.74 Å². The highest BCUT2D eigenvalue weighted by atomic mass is 19.4. The van der Waals surface area contributed by atoms with E-state index in [0.717, 1.165) is 30.3 Å². The molecule has 2 saturated heterocycles. The molecule has 0 bridgehead atoms. The van der Waals surface area contributed by atoms with Gasteiger partial charge in [0.25, 0.3) is 0 Å². The Kier molecular flexibility index (Phi) is 5.04. The Balaban J connectivity index is 1.40. The van der Waals surface area contributed by atoms with Crippen LogP contribution in [0.1, 0.15) is 31.8 Å². The van der Waals surface area contributed by atoms with Crippen molar-refractivity contribution >= 4 is 11.8 Å². The Morgan fingerprint density at radius 3 is 1.78 bits per heavy atom. The quantitative estimate of drug-likeness (QED) is 0.225. The summed E-state index contributed by atoms with van der Waals surface area (Å²) in [6, 6.07) is 9.12. The van der Waals surface area contributed by atoms with E-state index in [1.54, 1.807) is 0 Å². The molecule has 7 nitrogen and oxygen atoms in total. The summed E-state index contributed by atoms with van der Waals surface area (Å²) in [6.07, 6.45) is -9.26. The van der Waals surface area contributed by atoms with Gasteiger partial charge in [0, 0.05) is 5.56 Å². The van der Waals surface area contributed by atoms with E-state index in [1.165, 1.54) is 18.2 Å². The molecule has 170 valence electrons. The lowest BCUT2D eigenvalue weighted by Gasteiger charge is -2.17. The first-order valence-corrected chi connectivity index (χ1v) is 9.03. The minimum atomic E-state index is -4.66. The molecule has 2 aliphatic rings. The van der Waals surface area contributed by atoms with Crippen LogP contribution in [0, 0.1) is 0 Å². The zero-order valence-electron chi connectivity index (χ0n) is 15.8. The average molecular weight is 460 g/mol. The summed E-state index contributed by atoms with van der Waals surface area (Å²) in [4.78, 5) is 24.4. The zero-order valence-corrected chi connectivity index (χ0v) is 15.8.